The van der Waals surface area contributed by atoms with Gasteiger partial charge in [0.1, 0.15) is 0 Å². The Labute approximate surface area is 135 Å². The van der Waals surface area contributed by atoms with Gasteiger partial charge in [0, 0.05) is 23.6 Å². The Morgan fingerprint density at radius 1 is 1.13 bits per heavy atom. The van der Waals surface area contributed by atoms with Gasteiger partial charge in [0.25, 0.3) is 0 Å². The Hall–Kier alpha value is -2.59. The van der Waals surface area contributed by atoms with Crippen molar-refractivity contribution in [1.82, 2.24) is 4.57 Å². The van der Waals surface area contributed by atoms with Crippen LogP contribution in [0.2, 0.25) is 0 Å². The van der Waals surface area contributed by atoms with E-state index >= 15 is 0 Å². The number of aryl methyl sites for hydroxylation is 1. The highest BCUT2D eigenvalue weighted by atomic mass is 16.4. The van der Waals surface area contributed by atoms with Gasteiger partial charge < -0.3 is 15.4 Å². The summed E-state index contributed by atoms with van der Waals surface area (Å²) in [6.45, 7) is 1.40. The van der Waals surface area contributed by atoms with Crippen molar-refractivity contribution in [3.8, 4) is 0 Å². The molecule has 0 fully saturated rings. The minimum atomic E-state index is -0.896. The predicted molar refractivity (Wildman–Crippen MR) is 91.8 cm³/mol. The van der Waals surface area contributed by atoms with Crippen molar-refractivity contribution in [2.75, 3.05) is 6.54 Å². The largest absolute Gasteiger partial charge is 0.478 e. The minimum Gasteiger partial charge on any atom is -0.478 e. The maximum absolute atomic E-state index is 11.2. The number of hydrogen-bond acceptors (Lipinski definition) is 2. The summed E-state index contributed by atoms with van der Waals surface area (Å²) in [6, 6.07) is 15.6. The molecule has 118 valence electrons. The van der Waals surface area contributed by atoms with E-state index in [0.717, 1.165) is 35.9 Å². The number of aromatic nitrogens is 1. The molecule has 0 amide bonds. The van der Waals surface area contributed by atoms with Crippen molar-refractivity contribution < 1.29 is 9.90 Å². The molecule has 0 unspecified atom stereocenters. The quantitative estimate of drug-likeness (QED) is 0.734. The zero-order valence-electron chi connectivity index (χ0n) is 12.9. The number of benzene rings is 2. The van der Waals surface area contributed by atoms with E-state index in [4.69, 9.17) is 5.73 Å². The van der Waals surface area contributed by atoms with Crippen LogP contribution in [0.25, 0.3) is 10.9 Å². The molecule has 0 radical (unpaired) electrons. The lowest BCUT2D eigenvalue weighted by atomic mass is 10.1. The first-order valence-corrected chi connectivity index (χ1v) is 7.78. The van der Waals surface area contributed by atoms with Crippen LogP contribution in [0, 0.1) is 0 Å². The molecular weight excluding hydrogens is 288 g/mol. The maximum atomic E-state index is 11.2. The second kappa shape index (κ2) is 6.67. The fourth-order valence-corrected chi connectivity index (χ4v) is 2.91. The van der Waals surface area contributed by atoms with Gasteiger partial charge in [0.15, 0.2) is 0 Å². The number of nitrogens with two attached hydrogens (primary N) is 1. The molecule has 0 aliphatic heterocycles. The van der Waals surface area contributed by atoms with E-state index < -0.39 is 5.97 Å². The third-order valence-electron chi connectivity index (χ3n) is 4.06. The van der Waals surface area contributed by atoms with Crippen LogP contribution >= 0.6 is 0 Å². The van der Waals surface area contributed by atoms with Crippen LogP contribution in [-0.2, 0) is 13.0 Å². The zero-order chi connectivity index (χ0) is 16.2. The van der Waals surface area contributed by atoms with Gasteiger partial charge in [-0.05, 0) is 48.7 Å². The molecule has 2 aromatic carbocycles. The molecule has 1 heterocycles. The summed E-state index contributed by atoms with van der Waals surface area (Å²) in [5, 5.41) is 10.2. The molecule has 0 saturated heterocycles. The van der Waals surface area contributed by atoms with Crippen LogP contribution in [0.15, 0.2) is 54.7 Å². The standard InChI is InChI=1S/C19H20N2O2/c20-10-4-7-16-13-21(12-14-5-2-1-3-6-14)18-9-8-15(19(22)23)11-17(16)18/h1-3,5-6,8-9,11,13H,4,7,10,12,20H2,(H,22,23). The maximum Gasteiger partial charge on any atom is 0.335 e. The number of hydrogen-bond donors (Lipinski definition) is 2. The SMILES string of the molecule is NCCCc1cn(Cc2ccccc2)c2ccc(C(=O)O)cc12. The normalized spacial score (nSPS) is 11.0. The van der Waals surface area contributed by atoms with Gasteiger partial charge in [0.05, 0.1) is 5.56 Å². The van der Waals surface area contributed by atoms with Crippen molar-refractivity contribution in [1.29, 1.82) is 0 Å². The Balaban J connectivity index is 2.05. The third-order valence-corrected chi connectivity index (χ3v) is 4.06. The summed E-state index contributed by atoms with van der Waals surface area (Å²) in [4.78, 5) is 11.2. The first-order valence-electron chi connectivity index (χ1n) is 7.78. The molecule has 3 rings (SSSR count). The lowest BCUT2D eigenvalue weighted by Gasteiger charge is -2.05. The Morgan fingerprint density at radius 3 is 2.61 bits per heavy atom. The third kappa shape index (κ3) is 3.27. The Kier molecular flexibility index (Phi) is 4.44. The van der Waals surface area contributed by atoms with Gasteiger partial charge in [-0.15, -0.1) is 0 Å². The fraction of sp³-hybridized carbons (Fsp3) is 0.211. The molecule has 0 aliphatic rings. The lowest BCUT2D eigenvalue weighted by molar-refractivity contribution is 0.0697. The molecule has 1 aromatic heterocycles. The van der Waals surface area contributed by atoms with Crippen molar-refractivity contribution >= 4 is 16.9 Å². The summed E-state index contributed by atoms with van der Waals surface area (Å²) in [5.41, 5.74) is 9.39. The summed E-state index contributed by atoms with van der Waals surface area (Å²) in [5.74, 6) is -0.896. The number of nitrogens with zero attached hydrogens (tertiary/aromatic N) is 1. The highest BCUT2D eigenvalue weighted by Gasteiger charge is 2.12. The first kappa shape index (κ1) is 15.3. The number of carbonyl (C=O) groups is 1. The van der Waals surface area contributed by atoms with Crippen LogP contribution in [0.4, 0.5) is 0 Å². The van der Waals surface area contributed by atoms with Crippen molar-refractivity contribution in [2.45, 2.75) is 19.4 Å². The number of fused-ring (bicyclic) bond motifs is 1. The van der Waals surface area contributed by atoms with Gasteiger partial charge in [-0.2, -0.15) is 0 Å². The minimum absolute atomic E-state index is 0.323. The van der Waals surface area contributed by atoms with Gasteiger partial charge in [-0.3, -0.25) is 0 Å². The predicted octanol–water partition coefficient (Wildman–Crippen LogP) is 3.28. The van der Waals surface area contributed by atoms with Crippen molar-refractivity contribution in [3.63, 3.8) is 0 Å². The van der Waals surface area contributed by atoms with Crippen LogP contribution in [0.3, 0.4) is 0 Å². The van der Waals surface area contributed by atoms with E-state index in [1.165, 1.54) is 5.56 Å². The van der Waals surface area contributed by atoms with Crippen LogP contribution in [0.1, 0.15) is 27.9 Å². The highest BCUT2D eigenvalue weighted by molar-refractivity contribution is 5.95. The van der Waals surface area contributed by atoms with E-state index in [1.54, 1.807) is 12.1 Å². The summed E-state index contributed by atoms with van der Waals surface area (Å²) in [6.07, 6.45) is 3.87. The Bertz CT molecular complexity index is 822. The van der Waals surface area contributed by atoms with Crippen LogP contribution in [0.5, 0.6) is 0 Å². The molecule has 0 spiro atoms. The summed E-state index contributed by atoms with van der Waals surface area (Å²) >= 11 is 0. The molecular formula is C19H20N2O2. The van der Waals surface area contributed by atoms with Crippen LogP contribution < -0.4 is 5.73 Å². The van der Waals surface area contributed by atoms with Gasteiger partial charge in [0.2, 0.25) is 0 Å². The molecule has 3 N–H and O–H groups in total. The molecule has 0 bridgehead atoms. The van der Waals surface area contributed by atoms with Gasteiger partial charge in [-0.1, -0.05) is 30.3 Å². The highest BCUT2D eigenvalue weighted by Crippen LogP contribution is 2.25. The molecule has 4 nitrogen and oxygen atoms in total. The van der Waals surface area contributed by atoms with Crippen molar-refractivity contribution in [3.05, 3.63) is 71.4 Å². The molecule has 23 heavy (non-hydrogen) atoms. The van der Waals surface area contributed by atoms with E-state index in [-0.39, 0.29) is 0 Å². The number of rotatable bonds is 6. The zero-order valence-corrected chi connectivity index (χ0v) is 12.9. The topological polar surface area (TPSA) is 68.2 Å². The first-order chi connectivity index (χ1) is 11.2. The Morgan fingerprint density at radius 2 is 1.91 bits per heavy atom. The second-order valence-corrected chi connectivity index (χ2v) is 5.70. The van der Waals surface area contributed by atoms with E-state index in [0.29, 0.717) is 12.1 Å². The van der Waals surface area contributed by atoms with E-state index in [2.05, 4.69) is 22.9 Å². The van der Waals surface area contributed by atoms with Gasteiger partial charge in [-0.25, -0.2) is 4.79 Å². The molecule has 0 saturated carbocycles. The second-order valence-electron chi connectivity index (χ2n) is 5.70. The van der Waals surface area contributed by atoms with Crippen molar-refractivity contribution in [2.24, 2.45) is 5.73 Å². The monoisotopic (exact) mass is 308 g/mol. The fourth-order valence-electron chi connectivity index (χ4n) is 2.91. The number of aromatic carboxylic acids is 1. The van der Waals surface area contributed by atoms with Crippen LogP contribution in [-0.4, -0.2) is 22.2 Å². The van der Waals surface area contributed by atoms with E-state index in [9.17, 15) is 9.90 Å². The average molecular weight is 308 g/mol. The smallest absolute Gasteiger partial charge is 0.335 e. The molecule has 4 heteroatoms. The molecule has 3 aromatic rings. The lowest BCUT2D eigenvalue weighted by Crippen LogP contribution is -2.00. The average Bonchev–Trinajstić information content (AvgIpc) is 2.91. The molecule has 0 atom stereocenters. The van der Waals surface area contributed by atoms with E-state index in [1.807, 2.05) is 24.3 Å². The summed E-state index contributed by atoms with van der Waals surface area (Å²) in [7, 11) is 0. The number of carboxylic acid groups (broad SMARTS) is 1. The summed E-state index contributed by atoms with van der Waals surface area (Å²) < 4.78 is 2.18. The van der Waals surface area contributed by atoms with Gasteiger partial charge >= 0.3 is 5.97 Å². The molecule has 0 aliphatic carbocycles. The number of carboxylic acids is 1.